The first-order chi connectivity index (χ1) is 13.7. The molecule has 1 unspecified atom stereocenters. The number of halogens is 1. The number of hydrogen-bond acceptors (Lipinski definition) is 5. The molecule has 3 heterocycles. The number of aliphatic hydroxyl groups is 1. The maximum atomic E-state index is 10.6. The smallest absolute Gasteiger partial charge is 0.191 e. The average Bonchev–Trinajstić information content (AvgIpc) is 3.34. The van der Waals surface area contributed by atoms with Crippen molar-refractivity contribution in [2.75, 3.05) is 13.1 Å². The predicted molar refractivity (Wildman–Crippen MR) is 128 cm³/mol. The van der Waals surface area contributed by atoms with Crippen LogP contribution in [0.1, 0.15) is 23.7 Å². The molecule has 152 valence electrons. The van der Waals surface area contributed by atoms with Crippen LogP contribution in [0.25, 0.3) is 15.7 Å². The third-order valence-electron chi connectivity index (χ3n) is 4.34. The van der Waals surface area contributed by atoms with Crippen LogP contribution in [-0.2, 0) is 6.54 Å². The molecule has 4 aromatic rings. The summed E-state index contributed by atoms with van der Waals surface area (Å²) < 4.78 is 3.09. The molecule has 0 aliphatic rings. The number of aliphatic hydroxyl groups excluding tert-OH is 1. The number of fused-ring (bicyclic) bond motifs is 2. The quantitative estimate of drug-likeness (QED) is 0.206. The van der Waals surface area contributed by atoms with E-state index in [1.165, 1.54) is 4.70 Å². The molecule has 3 aromatic heterocycles. The lowest BCUT2D eigenvalue weighted by atomic mass is 10.2. The normalized spacial score (nSPS) is 12.7. The van der Waals surface area contributed by atoms with Crippen LogP contribution in [0.4, 0.5) is 0 Å². The van der Waals surface area contributed by atoms with Crippen LogP contribution < -0.4 is 10.6 Å². The van der Waals surface area contributed by atoms with Crippen LogP contribution >= 0.6 is 35.3 Å². The third-order valence-corrected chi connectivity index (χ3v) is 5.56. The third kappa shape index (κ3) is 5.03. The van der Waals surface area contributed by atoms with Gasteiger partial charge < -0.3 is 15.7 Å². The van der Waals surface area contributed by atoms with E-state index in [0.717, 1.165) is 28.3 Å². The van der Waals surface area contributed by atoms with Gasteiger partial charge in [-0.25, -0.2) is 4.99 Å². The maximum Gasteiger partial charge on any atom is 0.191 e. The summed E-state index contributed by atoms with van der Waals surface area (Å²) in [5, 5.41) is 26.5. The molecule has 0 fully saturated rings. The summed E-state index contributed by atoms with van der Waals surface area (Å²) >= 11 is 1.61. The summed E-state index contributed by atoms with van der Waals surface area (Å²) in [5.74, 6) is 1.40. The van der Waals surface area contributed by atoms with Gasteiger partial charge >= 0.3 is 0 Å². The molecule has 0 spiro atoms. The molecule has 7 nitrogen and oxygen atoms in total. The Morgan fingerprint density at radius 1 is 1.17 bits per heavy atom. The Balaban J connectivity index is 0.00000240. The fraction of sp³-hybridized carbons (Fsp3) is 0.250. The molecular weight excluding hydrogens is 499 g/mol. The van der Waals surface area contributed by atoms with Gasteiger partial charge in [-0.3, -0.25) is 4.40 Å². The molecule has 1 aromatic carbocycles. The monoisotopic (exact) mass is 522 g/mol. The maximum absolute atomic E-state index is 10.6. The van der Waals surface area contributed by atoms with Gasteiger partial charge in [0.25, 0.3) is 0 Å². The minimum atomic E-state index is -0.602. The van der Waals surface area contributed by atoms with Crippen LogP contribution in [0.5, 0.6) is 0 Å². The molecule has 1 atom stereocenters. The number of pyridine rings is 1. The number of hydrogen-bond donors (Lipinski definition) is 3. The molecule has 0 bridgehead atoms. The summed E-state index contributed by atoms with van der Waals surface area (Å²) in [4.78, 5) is 5.52. The van der Waals surface area contributed by atoms with Gasteiger partial charge in [-0.05, 0) is 36.6 Å². The molecule has 0 radical (unpaired) electrons. The second-order valence-corrected chi connectivity index (χ2v) is 7.44. The lowest BCUT2D eigenvalue weighted by Gasteiger charge is -2.14. The van der Waals surface area contributed by atoms with Crippen molar-refractivity contribution >= 4 is 57.0 Å². The van der Waals surface area contributed by atoms with E-state index in [1.807, 2.05) is 53.9 Å². The first kappa shape index (κ1) is 21.5. The van der Waals surface area contributed by atoms with Crippen molar-refractivity contribution in [3.8, 4) is 0 Å². The summed E-state index contributed by atoms with van der Waals surface area (Å²) in [6.07, 6.45) is 1.32. The van der Waals surface area contributed by atoms with E-state index >= 15 is 0 Å². The van der Waals surface area contributed by atoms with Gasteiger partial charge in [0.2, 0.25) is 0 Å². The Bertz CT molecular complexity index is 1080. The van der Waals surface area contributed by atoms with E-state index in [1.54, 1.807) is 11.3 Å². The molecule has 0 saturated carbocycles. The number of rotatable bonds is 6. The standard InChI is InChI=1S/C20H22N6OS.HI/c1-2-21-20(23-13-19-25-24-18-9-5-6-10-26(18)19)22-12-15(27)17-11-14-7-3-4-8-16(14)28-17;/h3-11,15,27H,2,12-13H2,1H3,(H2,21,22,23);1H. The van der Waals surface area contributed by atoms with Crippen LogP contribution in [0, 0.1) is 0 Å². The zero-order valence-electron chi connectivity index (χ0n) is 15.9. The molecule has 3 N–H and O–H groups in total. The summed E-state index contributed by atoms with van der Waals surface area (Å²) in [5.41, 5.74) is 0.797. The van der Waals surface area contributed by atoms with Crippen molar-refractivity contribution in [2.45, 2.75) is 19.6 Å². The van der Waals surface area contributed by atoms with E-state index < -0.39 is 6.10 Å². The summed E-state index contributed by atoms with van der Waals surface area (Å²) in [7, 11) is 0. The fourth-order valence-corrected chi connectivity index (χ4v) is 4.00. The fourth-order valence-electron chi connectivity index (χ4n) is 2.95. The highest BCUT2D eigenvalue weighted by Crippen LogP contribution is 2.29. The molecule has 29 heavy (non-hydrogen) atoms. The summed E-state index contributed by atoms with van der Waals surface area (Å²) in [6, 6.07) is 16.0. The van der Waals surface area contributed by atoms with Crippen LogP contribution in [0.3, 0.4) is 0 Å². The highest BCUT2D eigenvalue weighted by atomic mass is 127. The number of thiophene rings is 1. The van der Waals surface area contributed by atoms with E-state index in [-0.39, 0.29) is 24.0 Å². The second-order valence-electron chi connectivity index (χ2n) is 6.32. The lowest BCUT2D eigenvalue weighted by Crippen LogP contribution is -2.39. The Kier molecular flexibility index (Phi) is 7.40. The highest BCUT2D eigenvalue weighted by Gasteiger charge is 2.12. The molecule has 0 saturated heterocycles. The lowest BCUT2D eigenvalue weighted by molar-refractivity contribution is 0.184. The van der Waals surface area contributed by atoms with E-state index in [9.17, 15) is 5.11 Å². The van der Waals surface area contributed by atoms with Crippen LogP contribution in [0.2, 0.25) is 0 Å². The predicted octanol–water partition coefficient (Wildman–Crippen LogP) is 3.35. The first-order valence-electron chi connectivity index (χ1n) is 9.22. The second kappa shape index (κ2) is 9.99. The van der Waals surface area contributed by atoms with E-state index in [4.69, 9.17) is 0 Å². The van der Waals surface area contributed by atoms with Crippen molar-refractivity contribution in [1.82, 2.24) is 25.2 Å². The van der Waals surface area contributed by atoms with Crippen LogP contribution in [0.15, 0.2) is 59.7 Å². The van der Waals surface area contributed by atoms with Gasteiger partial charge in [0.15, 0.2) is 17.4 Å². The topological polar surface area (TPSA) is 86.8 Å². The SMILES string of the molecule is CCNC(=NCc1nnc2ccccn12)NCC(O)c1cc2ccccc2s1.I. The number of benzene rings is 1. The highest BCUT2D eigenvalue weighted by molar-refractivity contribution is 14.0. The van der Waals surface area contributed by atoms with Crippen molar-refractivity contribution in [3.05, 3.63) is 65.4 Å². The average molecular weight is 522 g/mol. The van der Waals surface area contributed by atoms with Gasteiger partial charge in [-0.1, -0.05) is 24.3 Å². The van der Waals surface area contributed by atoms with Gasteiger partial charge in [0.1, 0.15) is 12.6 Å². The Hall–Kier alpha value is -2.24. The van der Waals surface area contributed by atoms with Crippen molar-refractivity contribution < 1.29 is 5.11 Å². The van der Waals surface area contributed by atoms with Crippen molar-refractivity contribution in [3.63, 3.8) is 0 Å². The zero-order valence-corrected chi connectivity index (χ0v) is 19.1. The minimum Gasteiger partial charge on any atom is -0.386 e. The Morgan fingerprint density at radius 2 is 2.00 bits per heavy atom. The minimum absolute atomic E-state index is 0. The van der Waals surface area contributed by atoms with Gasteiger partial charge in [-0.2, -0.15) is 0 Å². The van der Waals surface area contributed by atoms with Crippen molar-refractivity contribution in [1.29, 1.82) is 0 Å². The molecule has 9 heteroatoms. The number of nitrogens with zero attached hydrogens (tertiary/aromatic N) is 4. The number of guanidine groups is 1. The molecular formula is C20H23IN6OS. The molecule has 0 aliphatic carbocycles. The van der Waals surface area contributed by atoms with Gasteiger partial charge in [0.05, 0.1) is 0 Å². The molecule has 0 amide bonds. The van der Waals surface area contributed by atoms with E-state index in [2.05, 4.69) is 38.0 Å². The first-order valence-corrected chi connectivity index (χ1v) is 10.0. The van der Waals surface area contributed by atoms with E-state index in [0.29, 0.717) is 19.0 Å². The van der Waals surface area contributed by atoms with Crippen LogP contribution in [-0.4, -0.2) is 38.8 Å². The Morgan fingerprint density at radius 3 is 2.83 bits per heavy atom. The van der Waals surface area contributed by atoms with Crippen molar-refractivity contribution in [2.24, 2.45) is 4.99 Å². The largest absolute Gasteiger partial charge is 0.386 e. The van der Waals surface area contributed by atoms with Gasteiger partial charge in [0, 0.05) is 28.9 Å². The van der Waals surface area contributed by atoms with Gasteiger partial charge in [-0.15, -0.1) is 45.5 Å². The number of nitrogens with one attached hydrogen (secondary N) is 2. The molecule has 4 rings (SSSR count). The number of aromatic nitrogens is 3. The zero-order chi connectivity index (χ0) is 19.3. The number of aliphatic imine (C=N–C) groups is 1. The Labute approximate surface area is 189 Å². The molecule has 0 aliphatic heterocycles. The summed E-state index contributed by atoms with van der Waals surface area (Å²) in [6.45, 7) is 3.50.